The van der Waals surface area contributed by atoms with Crippen molar-refractivity contribution in [3.63, 3.8) is 0 Å². The van der Waals surface area contributed by atoms with Gasteiger partial charge < -0.3 is 15.2 Å². The number of hydrogen-bond acceptors (Lipinski definition) is 3. The summed E-state index contributed by atoms with van der Waals surface area (Å²) in [5.74, 6) is 0.787. The van der Waals surface area contributed by atoms with Gasteiger partial charge in [0.15, 0.2) is 0 Å². The molecule has 0 aromatic heterocycles. The number of nitrogens with one attached hydrogen (secondary N) is 1. The Morgan fingerprint density at radius 3 is 2.67 bits per heavy atom. The first-order valence-electron chi connectivity index (χ1n) is 4.94. The van der Waals surface area contributed by atoms with Gasteiger partial charge in [0, 0.05) is 6.54 Å². The molecule has 0 amide bonds. The van der Waals surface area contributed by atoms with Crippen molar-refractivity contribution in [1.29, 1.82) is 0 Å². The lowest BCUT2D eigenvalue weighted by molar-refractivity contribution is 0.177. The molecule has 0 heterocycles. The van der Waals surface area contributed by atoms with Gasteiger partial charge in [0.1, 0.15) is 12.4 Å². The number of aliphatic hydroxyl groups excluding tert-OH is 1. The average Bonchev–Trinajstić information content (AvgIpc) is 2.27. The van der Waals surface area contributed by atoms with Crippen molar-refractivity contribution in [2.24, 2.45) is 0 Å². The van der Waals surface area contributed by atoms with Crippen LogP contribution in [0.2, 0.25) is 0 Å². The summed E-state index contributed by atoms with van der Waals surface area (Å²) >= 11 is 0. The standard InChI is InChI=1S/C12H17NO2/c1-3-8-15-11-6-4-10(5-7-11)12(14)9-13-2/h3-7,12-14H,1,8-9H2,2H3. The van der Waals surface area contributed by atoms with Crippen molar-refractivity contribution in [3.05, 3.63) is 42.5 Å². The summed E-state index contributed by atoms with van der Waals surface area (Å²) in [6, 6.07) is 7.41. The number of likely N-dealkylation sites (N-methyl/N-ethyl adjacent to an activating group) is 1. The van der Waals surface area contributed by atoms with Crippen LogP contribution in [0.25, 0.3) is 0 Å². The molecule has 1 rings (SSSR count). The topological polar surface area (TPSA) is 41.5 Å². The second kappa shape index (κ2) is 6.22. The van der Waals surface area contributed by atoms with E-state index >= 15 is 0 Å². The second-order valence-electron chi connectivity index (χ2n) is 3.24. The molecule has 1 aromatic rings. The van der Waals surface area contributed by atoms with Gasteiger partial charge in [-0.15, -0.1) is 0 Å². The predicted octanol–water partition coefficient (Wildman–Crippen LogP) is 1.50. The lowest BCUT2D eigenvalue weighted by Gasteiger charge is -2.10. The van der Waals surface area contributed by atoms with Gasteiger partial charge in [-0.3, -0.25) is 0 Å². The largest absolute Gasteiger partial charge is 0.490 e. The third-order valence-corrected chi connectivity index (χ3v) is 2.03. The zero-order valence-electron chi connectivity index (χ0n) is 8.94. The molecule has 2 N–H and O–H groups in total. The number of ether oxygens (including phenoxy) is 1. The summed E-state index contributed by atoms with van der Waals surface area (Å²) in [4.78, 5) is 0. The minimum absolute atomic E-state index is 0.469. The van der Waals surface area contributed by atoms with Gasteiger partial charge in [-0.05, 0) is 24.7 Å². The van der Waals surface area contributed by atoms with Crippen LogP contribution in [0.1, 0.15) is 11.7 Å². The Labute approximate surface area is 90.4 Å². The molecule has 0 spiro atoms. The Morgan fingerprint density at radius 1 is 1.47 bits per heavy atom. The predicted molar refractivity (Wildman–Crippen MR) is 61.0 cm³/mol. The quantitative estimate of drug-likeness (QED) is 0.695. The SMILES string of the molecule is C=CCOc1ccc(C(O)CNC)cc1. The highest BCUT2D eigenvalue weighted by molar-refractivity contribution is 5.28. The second-order valence-corrected chi connectivity index (χ2v) is 3.24. The molecule has 0 bridgehead atoms. The molecule has 0 aliphatic rings. The number of hydrogen-bond donors (Lipinski definition) is 2. The lowest BCUT2D eigenvalue weighted by atomic mass is 10.1. The van der Waals surface area contributed by atoms with E-state index in [0.717, 1.165) is 11.3 Å². The number of benzene rings is 1. The highest BCUT2D eigenvalue weighted by Gasteiger charge is 2.05. The Hall–Kier alpha value is -1.32. The van der Waals surface area contributed by atoms with Gasteiger partial charge in [0.05, 0.1) is 6.10 Å². The van der Waals surface area contributed by atoms with E-state index < -0.39 is 6.10 Å². The maximum absolute atomic E-state index is 9.67. The first kappa shape index (κ1) is 11.8. The lowest BCUT2D eigenvalue weighted by Crippen LogP contribution is -2.16. The Morgan fingerprint density at radius 2 is 2.13 bits per heavy atom. The van der Waals surface area contributed by atoms with E-state index in [9.17, 15) is 5.11 Å². The van der Waals surface area contributed by atoms with Gasteiger partial charge in [-0.25, -0.2) is 0 Å². The van der Waals surface area contributed by atoms with Crippen LogP contribution in [0.5, 0.6) is 5.75 Å². The molecular weight excluding hydrogens is 190 g/mol. The number of rotatable bonds is 6. The third kappa shape index (κ3) is 3.73. The Kier molecular flexibility index (Phi) is 4.87. The molecule has 0 fully saturated rings. The zero-order chi connectivity index (χ0) is 11.1. The Bertz CT molecular complexity index is 295. The summed E-state index contributed by atoms with van der Waals surface area (Å²) in [7, 11) is 1.81. The molecule has 15 heavy (non-hydrogen) atoms. The van der Waals surface area contributed by atoms with Crippen LogP contribution in [-0.4, -0.2) is 25.3 Å². The van der Waals surface area contributed by atoms with Crippen molar-refractivity contribution >= 4 is 0 Å². The smallest absolute Gasteiger partial charge is 0.119 e. The molecule has 0 saturated heterocycles. The monoisotopic (exact) mass is 207 g/mol. The molecule has 82 valence electrons. The fraction of sp³-hybridized carbons (Fsp3) is 0.333. The maximum Gasteiger partial charge on any atom is 0.119 e. The van der Waals surface area contributed by atoms with Crippen molar-refractivity contribution < 1.29 is 9.84 Å². The van der Waals surface area contributed by atoms with Crippen LogP contribution in [0.4, 0.5) is 0 Å². The number of aliphatic hydroxyl groups is 1. The Balaban J connectivity index is 2.58. The van der Waals surface area contributed by atoms with Gasteiger partial charge >= 0.3 is 0 Å². The molecule has 3 nitrogen and oxygen atoms in total. The summed E-state index contributed by atoms with van der Waals surface area (Å²) in [6.45, 7) is 4.62. The molecule has 1 unspecified atom stereocenters. The van der Waals surface area contributed by atoms with Gasteiger partial charge in [-0.2, -0.15) is 0 Å². The van der Waals surface area contributed by atoms with Crippen molar-refractivity contribution in [1.82, 2.24) is 5.32 Å². The minimum atomic E-state index is -0.469. The first-order valence-corrected chi connectivity index (χ1v) is 4.94. The summed E-state index contributed by atoms with van der Waals surface area (Å²) in [6.07, 6.45) is 1.23. The van der Waals surface area contributed by atoms with Gasteiger partial charge in [-0.1, -0.05) is 24.8 Å². The van der Waals surface area contributed by atoms with E-state index in [2.05, 4.69) is 11.9 Å². The molecule has 3 heteroatoms. The summed E-state index contributed by atoms with van der Waals surface area (Å²) in [5.41, 5.74) is 0.885. The molecular formula is C12H17NO2. The van der Waals surface area contributed by atoms with Gasteiger partial charge in [0.2, 0.25) is 0 Å². The van der Waals surface area contributed by atoms with Crippen LogP contribution in [-0.2, 0) is 0 Å². The molecule has 1 aromatic carbocycles. The fourth-order valence-corrected chi connectivity index (χ4v) is 1.25. The van der Waals surface area contributed by atoms with Crippen LogP contribution >= 0.6 is 0 Å². The van der Waals surface area contributed by atoms with E-state index in [4.69, 9.17) is 4.74 Å². The third-order valence-electron chi connectivity index (χ3n) is 2.03. The highest BCUT2D eigenvalue weighted by atomic mass is 16.5. The molecule has 0 aliphatic heterocycles. The van der Waals surface area contributed by atoms with E-state index in [0.29, 0.717) is 13.2 Å². The van der Waals surface area contributed by atoms with Crippen LogP contribution < -0.4 is 10.1 Å². The molecule has 1 atom stereocenters. The van der Waals surface area contributed by atoms with Crippen LogP contribution in [0.3, 0.4) is 0 Å². The van der Waals surface area contributed by atoms with Crippen molar-refractivity contribution in [3.8, 4) is 5.75 Å². The molecule has 0 aliphatic carbocycles. The van der Waals surface area contributed by atoms with E-state index in [-0.39, 0.29) is 0 Å². The van der Waals surface area contributed by atoms with Crippen LogP contribution in [0.15, 0.2) is 36.9 Å². The first-order chi connectivity index (χ1) is 7.27. The molecule has 0 radical (unpaired) electrons. The minimum Gasteiger partial charge on any atom is -0.490 e. The summed E-state index contributed by atoms with van der Waals surface area (Å²) < 4.78 is 5.33. The van der Waals surface area contributed by atoms with E-state index in [1.54, 1.807) is 6.08 Å². The van der Waals surface area contributed by atoms with Crippen molar-refractivity contribution in [2.45, 2.75) is 6.10 Å². The van der Waals surface area contributed by atoms with Gasteiger partial charge in [0.25, 0.3) is 0 Å². The van der Waals surface area contributed by atoms with E-state index in [1.807, 2.05) is 31.3 Å². The highest BCUT2D eigenvalue weighted by Crippen LogP contribution is 2.17. The maximum atomic E-state index is 9.67. The fourth-order valence-electron chi connectivity index (χ4n) is 1.25. The normalized spacial score (nSPS) is 12.1. The van der Waals surface area contributed by atoms with E-state index in [1.165, 1.54) is 0 Å². The average molecular weight is 207 g/mol. The molecule has 0 saturated carbocycles. The van der Waals surface area contributed by atoms with Crippen LogP contribution in [0, 0.1) is 0 Å². The summed E-state index contributed by atoms with van der Waals surface area (Å²) in [5, 5.41) is 12.6. The zero-order valence-corrected chi connectivity index (χ0v) is 8.94. The van der Waals surface area contributed by atoms with Crippen molar-refractivity contribution in [2.75, 3.05) is 20.2 Å².